The number of nitrogens with zero attached hydrogens (tertiary/aromatic N) is 3. The first-order valence-electron chi connectivity index (χ1n) is 9.56. The summed E-state index contributed by atoms with van der Waals surface area (Å²) in [7, 11) is 0. The zero-order valence-electron chi connectivity index (χ0n) is 14.3. The summed E-state index contributed by atoms with van der Waals surface area (Å²) < 4.78 is 2.50. The summed E-state index contributed by atoms with van der Waals surface area (Å²) >= 11 is 0. The predicted molar refractivity (Wildman–Crippen MR) is 90.4 cm³/mol. The van der Waals surface area contributed by atoms with E-state index < -0.39 is 0 Å². The number of carbonyl (C=O) groups excluding carboxylic acids is 1. The zero-order valence-corrected chi connectivity index (χ0v) is 14.3. The van der Waals surface area contributed by atoms with E-state index in [1.807, 2.05) is 6.20 Å². The Morgan fingerprint density at radius 3 is 2.35 bits per heavy atom. The lowest BCUT2D eigenvalue weighted by Gasteiger charge is -2.36. The Morgan fingerprint density at radius 1 is 1.04 bits per heavy atom. The van der Waals surface area contributed by atoms with E-state index in [0.717, 1.165) is 38.8 Å². The predicted octanol–water partition coefficient (Wildman–Crippen LogP) is 3.81. The molecule has 1 amide bonds. The van der Waals surface area contributed by atoms with Crippen molar-refractivity contribution in [1.29, 1.82) is 0 Å². The first-order valence-corrected chi connectivity index (χ1v) is 9.56. The van der Waals surface area contributed by atoms with Gasteiger partial charge in [0, 0.05) is 42.9 Å². The molecule has 4 nitrogen and oxygen atoms in total. The molecule has 23 heavy (non-hydrogen) atoms. The number of aryl methyl sites for hydroxylation is 1. The van der Waals surface area contributed by atoms with Crippen LogP contribution < -0.4 is 0 Å². The van der Waals surface area contributed by atoms with Crippen LogP contribution in [0.25, 0.3) is 0 Å². The van der Waals surface area contributed by atoms with Crippen LogP contribution in [-0.4, -0.2) is 33.4 Å². The van der Waals surface area contributed by atoms with E-state index in [-0.39, 0.29) is 0 Å². The van der Waals surface area contributed by atoms with Gasteiger partial charge in [0.15, 0.2) is 0 Å². The SMILES string of the molecule is Cc1cnc(C2CCC2)n1C1CCN(C(=O)C2CCCC2)CC1. The maximum atomic E-state index is 12.6. The van der Waals surface area contributed by atoms with Gasteiger partial charge in [0.05, 0.1) is 0 Å². The number of carbonyl (C=O) groups is 1. The number of piperidine rings is 1. The number of imidazole rings is 1. The largest absolute Gasteiger partial charge is 0.342 e. The van der Waals surface area contributed by atoms with E-state index in [9.17, 15) is 4.79 Å². The van der Waals surface area contributed by atoms with Gasteiger partial charge in [-0.05, 0) is 45.4 Å². The first kappa shape index (κ1) is 15.2. The molecular weight excluding hydrogens is 286 g/mol. The Hall–Kier alpha value is -1.32. The molecule has 1 aromatic heterocycles. The van der Waals surface area contributed by atoms with E-state index in [1.54, 1.807) is 0 Å². The molecule has 0 aromatic carbocycles. The molecule has 0 spiro atoms. The van der Waals surface area contributed by atoms with Gasteiger partial charge in [0.25, 0.3) is 0 Å². The van der Waals surface area contributed by atoms with Crippen LogP contribution in [0.2, 0.25) is 0 Å². The summed E-state index contributed by atoms with van der Waals surface area (Å²) in [6, 6.07) is 0.542. The average Bonchev–Trinajstić information content (AvgIpc) is 3.16. The van der Waals surface area contributed by atoms with Crippen LogP contribution in [0.5, 0.6) is 0 Å². The van der Waals surface area contributed by atoms with Crippen molar-refractivity contribution < 1.29 is 4.79 Å². The fraction of sp³-hybridized carbons (Fsp3) is 0.789. The van der Waals surface area contributed by atoms with E-state index >= 15 is 0 Å². The van der Waals surface area contributed by atoms with Crippen molar-refractivity contribution in [2.24, 2.45) is 5.92 Å². The van der Waals surface area contributed by atoms with Crippen molar-refractivity contribution >= 4 is 5.91 Å². The van der Waals surface area contributed by atoms with Crippen LogP contribution in [0.3, 0.4) is 0 Å². The molecule has 126 valence electrons. The van der Waals surface area contributed by atoms with Crippen molar-refractivity contribution in [3.8, 4) is 0 Å². The van der Waals surface area contributed by atoms with Crippen molar-refractivity contribution in [2.45, 2.75) is 76.7 Å². The van der Waals surface area contributed by atoms with Gasteiger partial charge in [-0.1, -0.05) is 19.3 Å². The molecule has 1 aliphatic heterocycles. The second kappa shape index (κ2) is 6.29. The third-order valence-electron chi connectivity index (χ3n) is 6.33. The van der Waals surface area contributed by atoms with Gasteiger partial charge in [0.2, 0.25) is 5.91 Å². The number of aromatic nitrogens is 2. The van der Waals surface area contributed by atoms with Crippen LogP contribution in [0.15, 0.2) is 6.20 Å². The van der Waals surface area contributed by atoms with Crippen LogP contribution in [0.4, 0.5) is 0 Å². The van der Waals surface area contributed by atoms with Gasteiger partial charge < -0.3 is 9.47 Å². The summed E-state index contributed by atoms with van der Waals surface area (Å²) in [6.07, 6.45) is 12.9. The van der Waals surface area contributed by atoms with Crippen LogP contribution in [0.1, 0.15) is 81.3 Å². The monoisotopic (exact) mass is 315 g/mol. The Labute approximate surface area is 139 Å². The third-order valence-corrected chi connectivity index (χ3v) is 6.33. The number of hydrogen-bond acceptors (Lipinski definition) is 2. The number of rotatable bonds is 3. The highest BCUT2D eigenvalue weighted by Gasteiger charge is 2.33. The molecule has 3 fully saturated rings. The summed E-state index contributed by atoms with van der Waals surface area (Å²) in [6.45, 7) is 4.05. The van der Waals surface area contributed by atoms with Crippen LogP contribution in [-0.2, 0) is 4.79 Å². The Balaban J connectivity index is 1.41. The molecular formula is C19H29N3O. The smallest absolute Gasteiger partial charge is 0.225 e. The van der Waals surface area contributed by atoms with E-state index in [0.29, 0.717) is 23.8 Å². The number of hydrogen-bond donors (Lipinski definition) is 0. The fourth-order valence-electron chi connectivity index (χ4n) is 4.68. The van der Waals surface area contributed by atoms with Crippen molar-refractivity contribution in [3.05, 3.63) is 17.7 Å². The molecule has 0 unspecified atom stereocenters. The topological polar surface area (TPSA) is 38.1 Å². The van der Waals surface area contributed by atoms with Gasteiger partial charge in [-0.25, -0.2) is 4.98 Å². The summed E-state index contributed by atoms with van der Waals surface area (Å²) in [4.78, 5) is 19.5. The molecule has 0 atom stereocenters. The maximum Gasteiger partial charge on any atom is 0.225 e. The lowest BCUT2D eigenvalue weighted by atomic mass is 9.84. The normalized spacial score (nSPS) is 24.1. The zero-order chi connectivity index (χ0) is 15.8. The first-order chi connectivity index (χ1) is 11.2. The minimum atomic E-state index is 0.326. The summed E-state index contributed by atoms with van der Waals surface area (Å²) in [5.41, 5.74) is 1.30. The molecule has 0 bridgehead atoms. The van der Waals surface area contributed by atoms with E-state index in [1.165, 1.54) is 43.6 Å². The number of likely N-dealkylation sites (tertiary alicyclic amines) is 1. The fourth-order valence-corrected chi connectivity index (χ4v) is 4.68. The molecule has 1 aromatic rings. The summed E-state index contributed by atoms with van der Waals surface area (Å²) in [5.74, 6) is 2.76. The molecule has 0 radical (unpaired) electrons. The van der Waals surface area contributed by atoms with E-state index in [2.05, 4.69) is 16.4 Å². The molecule has 1 saturated heterocycles. The molecule has 0 N–H and O–H groups in total. The highest BCUT2D eigenvalue weighted by molar-refractivity contribution is 5.79. The van der Waals surface area contributed by atoms with E-state index in [4.69, 9.17) is 4.98 Å². The van der Waals surface area contributed by atoms with Gasteiger partial charge in [-0.3, -0.25) is 4.79 Å². The second-order valence-corrected chi connectivity index (χ2v) is 7.79. The molecule has 2 heterocycles. The molecule has 4 rings (SSSR count). The van der Waals surface area contributed by atoms with Crippen molar-refractivity contribution in [3.63, 3.8) is 0 Å². The Bertz CT molecular complexity index is 561. The van der Waals surface area contributed by atoms with Gasteiger partial charge in [-0.2, -0.15) is 0 Å². The molecule has 2 saturated carbocycles. The highest BCUT2D eigenvalue weighted by Crippen LogP contribution is 2.38. The Kier molecular flexibility index (Phi) is 4.16. The molecule has 3 aliphatic rings. The maximum absolute atomic E-state index is 12.6. The minimum Gasteiger partial charge on any atom is -0.342 e. The van der Waals surface area contributed by atoms with Gasteiger partial charge in [-0.15, -0.1) is 0 Å². The quantitative estimate of drug-likeness (QED) is 0.850. The number of amides is 1. The lowest BCUT2D eigenvalue weighted by Crippen LogP contribution is -2.42. The molecule has 2 aliphatic carbocycles. The van der Waals surface area contributed by atoms with Crippen molar-refractivity contribution in [1.82, 2.24) is 14.5 Å². The third kappa shape index (κ3) is 2.81. The van der Waals surface area contributed by atoms with Crippen LogP contribution >= 0.6 is 0 Å². The standard InChI is InChI=1S/C19H29N3O/c1-14-13-20-18(15-7-4-8-15)22(14)17-9-11-21(12-10-17)19(23)16-5-2-3-6-16/h13,15-17H,2-12H2,1H3. The van der Waals surface area contributed by atoms with Crippen molar-refractivity contribution in [2.75, 3.05) is 13.1 Å². The average molecular weight is 315 g/mol. The minimum absolute atomic E-state index is 0.326. The lowest BCUT2D eigenvalue weighted by molar-refractivity contribution is -0.136. The Morgan fingerprint density at radius 2 is 1.74 bits per heavy atom. The van der Waals surface area contributed by atoms with Crippen LogP contribution in [0, 0.1) is 12.8 Å². The van der Waals surface area contributed by atoms with Gasteiger partial charge in [0.1, 0.15) is 5.82 Å². The highest BCUT2D eigenvalue weighted by atomic mass is 16.2. The summed E-state index contributed by atoms with van der Waals surface area (Å²) in [5, 5.41) is 0. The van der Waals surface area contributed by atoms with Gasteiger partial charge >= 0.3 is 0 Å². The second-order valence-electron chi connectivity index (χ2n) is 7.79. The molecule has 4 heteroatoms.